The molecular weight excluding hydrogens is 420 g/mol. The quantitative estimate of drug-likeness (QED) is 0.450. The van der Waals surface area contributed by atoms with Crippen LogP contribution in [0.2, 0.25) is 0 Å². The zero-order valence-corrected chi connectivity index (χ0v) is 18.6. The van der Waals surface area contributed by atoms with Gasteiger partial charge in [-0.05, 0) is 47.4 Å². The van der Waals surface area contributed by atoms with Gasteiger partial charge in [-0.2, -0.15) is 0 Å². The Morgan fingerprint density at radius 3 is 2.24 bits per heavy atom. The fraction of sp³-hybridized carbons (Fsp3) is 0.423. The molecule has 33 heavy (non-hydrogen) atoms. The fourth-order valence-corrected chi connectivity index (χ4v) is 4.58. The molecule has 0 radical (unpaired) electrons. The number of fused-ring (bicyclic) bond motifs is 3. The highest BCUT2D eigenvalue weighted by Gasteiger charge is 2.42. The van der Waals surface area contributed by atoms with Crippen LogP contribution in [0.3, 0.4) is 0 Å². The summed E-state index contributed by atoms with van der Waals surface area (Å²) in [4.78, 5) is 34.9. The van der Waals surface area contributed by atoms with Gasteiger partial charge in [-0.1, -0.05) is 55.0 Å². The molecule has 2 atom stereocenters. The highest BCUT2D eigenvalue weighted by molar-refractivity contribution is 5.82. The van der Waals surface area contributed by atoms with Gasteiger partial charge in [-0.15, -0.1) is 0 Å². The number of benzene rings is 2. The van der Waals surface area contributed by atoms with Crippen LogP contribution in [-0.2, 0) is 14.3 Å². The summed E-state index contributed by atoms with van der Waals surface area (Å²) >= 11 is 0. The lowest BCUT2D eigenvalue weighted by Crippen LogP contribution is -2.30. The highest BCUT2D eigenvalue weighted by atomic mass is 16.5. The van der Waals surface area contributed by atoms with Crippen LogP contribution in [-0.4, -0.2) is 42.8 Å². The van der Waals surface area contributed by atoms with Crippen molar-refractivity contribution in [3.8, 4) is 11.1 Å². The smallest absolute Gasteiger partial charge is 0.407 e. The Morgan fingerprint density at radius 1 is 0.909 bits per heavy atom. The van der Waals surface area contributed by atoms with Crippen molar-refractivity contribution in [1.82, 2.24) is 10.6 Å². The molecule has 7 heteroatoms. The van der Waals surface area contributed by atoms with Crippen molar-refractivity contribution in [2.24, 2.45) is 11.8 Å². The summed E-state index contributed by atoms with van der Waals surface area (Å²) in [6, 6.07) is 16.4. The van der Waals surface area contributed by atoms with Crippen molar-refractivity contribution in [2.75, 3.05) is 19.7 Å². The number of rotatable bonds is 11. The van der Waals surface area contributed by atoms with Crippen LogP contribution >= 0.6 is 0 Å². The van der Waals surface area contributed by atoms with Crippen molar-refractivity contribution in [2.45, 2.75) is 38.0 Å². The van der Waals surface area contributed by atoms with Gasteiger partial charge in [0.25, 0.3) is 0 Å². The molecule has 7 nitrogen and oxygen atoms in total. The van der Waals surface area contributed by atoms with E-state index in [4.69, 9.17) is 9.84 Å². The maximum Gasteiger partial charge on any atom is 0.407 e. The SMILES string of the molecule is O=C(O)CCCCCNC(=O)[C@@H]1C[C@@H]1CNC(=O)OCC1c2ccccc2-c2ccccc21. The van der Waals surface area contributed by atoms with Gasteiger partial charge < -0.3 is 20.5 Å². The van der Waals surface area contributed by atoms with Crippen LogP contribution in [0.5, 0.6) is 0 Å². The maximum atomic E-state index is 12.3. The van der Waals surface area contributed by atoms with Gasteiger partial charge in [-0.25, -0.2) is 4.79 Å². The van der Waals surface area contributed by atoms with E-state index in [1.165, 1.54) is 22.3 Å². The first kappa shape index (κ1) is 22.8. The molecule has 2 aliphatic carbocycles. The summed E-state index contributed by atoms with van der Waals surface area (Å²) in [7, 11) is 0. The maximum absolute atomic E-state index is 12.3. The van der Waals surface area contributed by atoms with Gasteiger partial charge in [0.05, 0.1) is 0 Å². The topological polar surface area (TPSA) is 105 Å². The second-order valence-corrected chi connectivity index (χ2v) is 8.80. The average Bonchev–Trinajstić information content (AvgIpc) is 3.53. The van der Waals surface area contributed by atoms with Gasteiger partial charge in [0.1, 0.15) is 6.61 Å². The van der Waals surface area contributed by atoms with E-state index in [-0.39, 0.29) is 36.7 Å². The van der Waals surface area contributed by atoms with E-state index in [1.54, 1.807) is 0 Å². The van der Waals surface area contributed by atoms with Crippen LogP contribution in [0.1, 0.15) is 49.1 Å². The first-order chi connectivity index (χ1) is 16.0. The number of ether oxygens (including phenoxy) is 1. The molecule has 4 rings (SSSR count). The van der Waals surface area contributed by atoms with Crippen LogP contribution in [0, 0.1) is 11.8 Å². The number of carbonyl (C=O) groups excluding carboxylic acids is 2. The molecule has 2 amide bonds. The lowest BCUT2D eigenvalue weighted by molar-refractivity contribution is -0.137. The summed E-state index contributed by atoms with van der Waals surface area (Å²) in [6.07, 6.45) is 2.65. The van der Waals surface area contributed by atoms with Gasteiger partial charge in [0.2, 0.25) is 5.91 Å². The number of nitrogens with one attached hydrogen (secondary N) is 2. The summed E-state index contributed by atoms with van der Waals surface area (Å²) in [5, 5.41) is 14.3. The molecule has 2 aromatic carbocycles. The van der Waals surface area contributed by atoms with E-state index in [1.807, 2.05) is 24.3 Å². The minimum atomic E-state index is -0.788. The number of amides is 2. The molecule has 3 N–H and O–H groups in total. The van der Waals surface area contributed by atoms with Crippen molar-refractivity contribution in [3.05, 3.63) is 59.7 Å². The Balaban J connectivity index is 1.15. The lowest BCUT2D eigenvalue weighted by atomic mass is 9.98. The lowest BCUT2D eigenvalue weighted by Gasteiger charge is -2.14. The van der Waals surface area contributed by atoms with E-state index in [0.717, 1.165) is 19.3 Å². The summed E-state index contributed by atoms with van der Waals surface area (Å²) in [5.41, 5.74) is 4.73. The molecule has 174 valence electrons. The van der Waals surface area contributed by atoms with Gasteiger partial charge in [0.15, 0.2) is 0 Å². The molecule has 0 saturated heterocycles. The van der Waals surface area contributed by atoms with E-state index in [9.17, 15) is 14.4 Å². The van der Waals surface area contributed by atoms with Crippen molar-refractivity contribution < 1.29 is 24.2 Å². The zero-order valence-electron chi connectivity index (χ0n) is 18.6. The molecule has 0 spiro atoms. The molecule has 1 saturated carbocycles. The third kappa shape index (κ3) is 5.72. The molecule has 0 aromatic heterocycles. The van der Waals surface area contributed by atoms with E-state index < -0.39 is 12.1 Å². The molecule has 2 aromatic rings. The Labute approximate surface area is 193 Å². The van der Waals surface area contributed by atoms with Crippen molar-refractivity contribution in [1.29, 1.82) is 0 Å². The number of aliphatic carboxylic acids is 1. The molecule has 0 unspecified atom stereocenters. The van der Waals surface area contributed by atoms with Gasteiger partial charge >= 0.3 is 12.1 Å². The van der Waals surface area contributed by atoms with E-state index in [0.29, 0.717) is 19.5 Å². The van der Waals surface area contributed by atoms with E-state index >= 15 is 0 Å². The Bertz CT molecular complexity index is 976. The molecular formula is C26H30N2O5. The monoisotopic (exact) mass is 450 g/mol. The summed E-state index contributed by atoms with van der Waals surface area (Å²) < 4.78 is 5.54. The third-order valence-corrected chi connectivity index (χ3v) is 6.48. The molecule has 0 bridgehead atoms. The molecule has 0 aliphatic heterocycles. The molecule has 1 fully saturated rings. The minimum Gasteiger partial charge on any atom is -0.481 e. The first-order valence-electron chi connectivity index (χ1n) is 11.6. The van der Waals surface area contributed by atoms with Crippen LogP contribution in [0.15, 0.2) is 48.5 Å². The number of alkyl carbamates (subject to hydrolysis) is 1. The predicted octanol–water partition coefficient (Wildman–Crippen LogP) is 3.92. The Kier molecular flexibility index (Phi) is 7.27. The molecule has 0 heterocycles. The van der Waals surface area contributed by atoms with Gasteiger partial charge in [0, 0.05) is 31.3 Å². The van der Waals surface area contributed by atoms with Crippen molar-refractivity contribution >= 4 is 18.0 Å². The van der Waals surface area contributed by atoms with Crippen LogP contribution < -0.4 is 10.6 Å². The standard InChI is InChI=1S/C26H30N2O5/c29-24(30)12-2-1-7-13-27-25(31)22-14-17(22)15-28-26(32)33-16-23-20-10-5-3-8-18(20)19-9-4-6-11-21(19)23/h3-6,8-11,17,22-23H,1-2,7,12-16H2,(H,27,31)(H,28,32)(H,29,30)/t17-,22-/m1/s1. The molecule has 2 aliphatic rings. The Hall–Kier alpha value is -3.35. The number of carbonyl (C=O) groups is 3. The number of hydrogen-bond donors (Lipinski definition) is 3. The zero-order chi connectivity index (χ0) is 23.2. The summed E-state index contributed by atoms with van der Waals surface area (Å²) in [6.45, 7) is 1.26. The highest BCUT2D eigenvalue weighted by Crippen LogP contribution is 2.44. The predicted molar refractivity (Wildman–Crippen MR) is 124 cm³/mol. The number of carboxylic acid groups (broad SMARTS) is 1. The average molecular weight is 451 g/mol. The van der Waals surface area contributed by atoms with E-state index in [2.05, 4.69) is 34.9 Å². The summed E-state index contributed by atoms with van der Waals surface area (Å²) in [5.74, 6) is -0.690. The number of carboxylic acids is 1. The Morgan fingerprint density at radius 2 is 1.58 bits per heavy atom. The second kappa shape index (κ2) is 10.5. The first-order valence-corrected chi connectivity index (χ1v) is 11.6. The van der Waals surface area contributed by atoms with Crippen LogP contribution in [0.4, 0.5) is 4.79 Å². The van der Waals surface area contributed by atoms with Gasteiger partial charge in [-0.3, -0.25) is 9.59 Å². The van der Waals surface area contributed by atoms with Crippen LogP contribution in [0.25, 0.3) is 11.1 Å². The van der Waals surface area contributed by atoms with Crippen molar-refractivity contribution in [3.63, 3.8) is 0 Å². The largest absolute Gasteiger partial charge is 0.481 e. The minimum absolute atomic E-state index is 0.00701. The number of hydrogen-bond acceptors (Lipinski definition) is 4. The second-order valence-electron chi connectivity index (χ2n) is 8.80. The number of unbranched alkanes of at least 4 members (excludes halogenated alkanes) is 2. The fourth-order valence-electron chi connectivity index (χ4n) is 4.58. The third-order valence-electron chi connectivity index (χ3n) is 6.48. The normalized spacial score (nSPS) is 18.2.